The molecule has 2 atom stereocenters. The van der Waals surface area contributed by atoms with Crippen LogP contribution in [-0.2, 0) is 13.6 Å². The van der Waals surface area contributed by atoms with E-state index in [1.165, 1.54) is 18.5 Å². The van der Waals surface area contributed by atoms with Crippen molar-refractivity contribution in [1.82, 2.24) is 14.8 Å². The zero-order valence-corrected chi connectivity index (χ0v) is 13.7. The second kappa shape index (κ2) is 5.62. The van der Waals surface area contributed by atoms with Crippen LogP contribution in [0.2, 0.25) is 0 Å². The van der Waals surface area contributed by atoms with Crippen molar-refractivity contribution < 1.29 is 0 Å². The number of nitrogens with one attached hydrogen (secondary N) is 1. The molecule has 1 aromatic carbocycles. The Labute approximate surface area is 136 Å². The molecule has 0 aliphatic carbocycles. The van der Waals surface area contributed by atoms with Gasteiger partial charge in [0, 0.05) is 50.5 Å². The number of pyridine rings is 1. The van der Waals surface area contributed by atoms with E-state index in [1.807, 2.05) is 26.2 Å². The predicted octanol–water partition coefficient (Wildman–Crippen LogP) is 1.91. The van der Waals surface area contributed by atoms with Gasteiger partial charge in [0.2, 0.25) is 0 Å². The van der Waals surface area contributed by atoms with Gasteiger partial charge in [0.1, 0.15) is 0 Å². The van der Waals surface area contributed by atoms with Crippen LogP contribution in [-0.4, -0.2) is 34.6 Å². The zero-order valence-electron chi connectivity index (χ0n) is 13.7. The van der Waals surface area contributed by atoms with E-state index >= 15 is 0 Å². The molecule has 0 unspecified atom stereocenters. The molecular formula is C19H23N3O. The first-order valence-electron chi connectivity index (χ1n) is 8.34. The van der Waals surface area contributed by atoms with Crippen molar-refractivity contribution in [3.8, 4) is 11.1 Å². The van der Waals surface area contributed by atoms with Gasteiger partial charge in [0.05, 0.1) is 0 Å². The van der Waals surface area contributed by atoms with Gasteiger partial charge in [-0.3, -0.25) is 9.69 Å². The van der Waals surface area contributed by atoms with E-state index in [0.717, 1.165) is 29.8 Å². The van der Waals surface area contributed by atoms with Gasteiger partial charge in [-0.1, -0.05) is 24.3 Å². The Kier molecular flexibility index (Phi) is 3.58. The zero-order chi connectivity index (χ0) is 16.0. The third-order valence-corrected chi connectivity index (χ3v) is 5.21. The van der Waals surface area contributed by atoms with Crippen LogP contribution in [0.25, 0.3) is 11.1 Å². The number of benzene rings is 1. The van der Waals surface area contributed by atoms with Crippen molar-refractivity contribution in [1.29, 1.82) is 0 Å². The number of likely N-dealkylation sites (tertiary alicyclic amines) is 1. The normalized spacial score (nSPS) is 23.6. The van der Waals surface area contributed by atoms with Crippen LogP contribution >= 0.6 is 0 Å². The lowest BCUT2D eigenvalue weighted by atomic mass is 10.0. The van der Waals surface area contributed by atoms with Crippen molar-refractivity contribution in [3.05, 3.63) is 58.0 Å². The lowest BCUT2D eigenvalue weighted by molar-refractivity contribution is 0.218. The molecule has 1 N–H and O–H groups in total. The van der Waals surface area contributed by atoms with Crippen LogP contribution in [0.3, 0.4) is 0 Å². The van der Waals surface area contributed by atoms with E-state index in [-0.39, 0.29) is 5.56 Å². The fourth-order valence-electron chi connectivity index (χ4n) is 3.91. The largest absolute Gasteiger partial charge is 0.318 e. The second-order valence-corrected chi connectivity index (χ2v) is 6.95. The maximum absolute atomic E-state index is 11.8. The van der Waals surface area contributed by atoms with Gasteiger partial charge >= 0.3 is 0 Å². The molecule has 4 heteroatoms. The Morgan fingerprint density at radius 3 is 2.61 bits per heavy atom. The van der Waals surface area contributed by atoms with E-state index in [2.05, 4.69) is 34.5 Å². The summed E-state index contributed by atoms with van der Waals surface area (Å²) in [6.45, 7) is 5.22. The maximum Gasteiger partial charge on any atom is 0.253 e. The monoisotopic (exact) mass is 309 g/mol. The van der Waals surface area contributed by atoms with Gasteiger partial charge in [0.25, 0.3) is 5.56 Å². The van der Waals surface area contributed by atoms with Crippen LogP contribution in [0, 0.1) is 6.92 Å². The standard InChI is InChI=1S/C19H23N3O/c1-13-7-16(11-21(2)19(13)23)15-5-3-14(4-6-15)10-22-12-17-8-18(22)9-20-17/h3-7,11,17-18,20H,8-10,12H2,1-2H3/t17-,18-/m0/s1. The average molecular weight is 309 g/mol. The summed E-state index contributed by atoms with van der Waals surface area (Å²) in [5.74, 6) is 0. The molecule has 2 aromatic rings. The molecule has 4 nitrogen and oxygen atoms in total. The van der Waals surface area contributed by atoms with Gasteiger partial charge in [0.15, 0.2) is 0 Å². The summed E-state index contributed by atoms with van der Waals surface area (Å²) in [5, 5.41) is 3.55. The van der Waals surface area contributed by atoms with Gasteiger partial charge in [-0.2, -0.15) is 0 Å². The molecule has 2 bridgehead atoms. The van der Waals surface area contributed by atoms with Crippen molar-refractivity contribution in [2.24, 2.45) is 7.05 Å². The Bertz CT molecular complexity index is 752. The van der Waals surface area contributed by atoms with Crippen LogP contribution < -0.4 is 10.9 Å². The number of aryl methyl sites for hydroxylation is 2. The Morgan fingerprint density at radius 2 is 2.00 bits per heavy atom. The van der Waals surface area contributed by atoms with E-state index in [9.17, 15) is 4.79 Å². The van der Waals surface area contributed by atoms with Crippen molar-refractivity contribution in [3.63, 3.8) is 0 Å². The average Bonchev–Trinajstić information content (AvgIpc) is 3.15. The molecule has 1 aromatic heterocycles. The van der Waals surface area contributed by atoms with Crippen molar-refractivity contribution >= 4 is 0 Å². The number of nitrogens with zero attached hydrogens (tertiary/aromatic N) is 2. The van der Waals surface area contributed by atoms with Crippen LogP contribution in [0.4, 0.5) is 0 Å². The third-order valence-electron chi connectivity index (χ3n) is 5.21. The van der Waals surface area contributed by atoms with E-state index in [1.54, 1.807) is 4.57 Å². The molecule has 0 saturated carbocycles. The first-order valence-corrected chi connectivity index (χ1v) is 8.34. The molecule has 23 heavy (non-hydrogen) atoms. The van der Waals surface area contributed by atoms with Crippen LogP contribution in [0.5, 0.6) is 0 Å². The summed E-state index contributed by atoms with van der Waals surface area (Å²) in [4.78, 5) is 14.4. The quantitative estimate of drug-likeness (QED) is 0.941. The number of piperazine rings is 1. The Hall–Kier alpha value is -1.91. The molecule has 2 saturated heterocycles. The van der Waals surface area contributed by atoms with Gasteiger partial charge < -0.3 is 9.88 Å². The highest BCUT2D eigenvalue weighted by Crippen LogP contribution is 2.26. The summed E-state index contributed by atoms with van der Waals surface area (Å²) >= 11 is 0. The number of fused-ring (bicyclic) bond motifs is 2. The summed E-state index contributed by atoms with van der Waals surface area (Å²) in [5.41, 5.74) is 4.48. The third kappa shape index (κ3) is 2.73. The predicted molar refractivity (Wildman–Crippen MR) is 92.5 cm³/mol. The SMILES string of the molecule is Cc1cc(-c2ccc(CN3C[C@@H]4C[C@H]3CN4)cc2)cn(C)c1=O. The van der Waals surface area contributed by atoms with Gasteiger partial charge in [-0.05, 0) is 36.1 Å². The van der Waals surface area contributed by atoms with Gasteiger partial charge in [-0.25, -0.2) is 0 Å². The lowest BCUT2D eigenvalue weighted by Gasteiger charge is -2.27. The summed E-state index contributed by atoms with van der Waals surface area (Å²) in [7, 11) is 1.81. The molecule has 2 fully saturated rings. The minimum atomic E-state index is 0.0723. The van der Waals surface area contributed by atoms with Crippen LogP contribution in [0.15, 0.2) is 41.3 Å². The molecule has 0 spiro atoms. The molecular weight excluding hydrogens is 286 g/mol. The number of hydrogen-bond acceptors (Lipinski definition) is 3. The fourth-order valence-corrected chi connectivity index (χ4v) is 3.91. The molecule has 2 aliphatic heterocycles. The second-order valence-electron chi connectivity index (χ2n) is 6.95. The van der Waals surface area contributed by atoms with Crippen molar-refractivity contribution in [2.45, 2.75) is 32.0 Å². The first-order chi connectivity index (χ1) is 11.1. The van der Waals surface area contributed by atoms with E-state index < -0.39 is 0 Å². The summed E-state index contributed by atoms with van der Waals surface area (Å²) in [6, 6.07) is 12.2. The molecule has 0 amide bonds. The Morgan fingerprint density at radius 1 is 1.22 bits per heavy atom. The van der Waals surface area contributed by atoms with E-state index in [4.69, 9.17) is 0 Å². The lowest BCUT2D eigenvalue weighted by Crippen LogP contribution is -2.42. The van der Waals surface area contributed by atoms with Crippen molar-refractivity contribution in [2.75, 3.05) is 13.1 Å². The topological polar surface area (TPSA) is 37.3 Å². The molecule has 2 aliphatic rings. The minimum absolute atomic E-state index is 0.0723. The summed E-state index contributed by atoms with van der Waals surface area (Å²) in [6.07, 6.45) is 3.21. The maximum atomic E-state index is 11.8. The smallest absolute Gasteiger partial charge is 0.253 e. The van der Waals surface area contributed by atoms with E-state index in [0.29, 0.717) is 12.1 Å². The highest BCUT2D eigenvalue weighted by atomic mass is 16.1. The number of aromatic nitrogens is 1. The molecule has 120 valence electrons. The Balaban J connectivity index is 1.53. The molecule has 0 radical (unpaired) electrons. The first kappa shape index (κ1) is 14.7. The fraction of sp³-hybridized carbons (Fsp3) is 0.421. The number of rotatable bonds is 3. The minimum Gasteiger partial charge on any atom is -0.318 e. The van der Waals surface area contributed by atoms with Crippen LogP contribution in [0.1, 0.15) is 17.5 Å². The highest BCUT2D eigenvalue weighted by molar-refractivity contribution is 5.63. The summed E-state index contributed by atoms with van der Waals surface area (Å²) < 4.78 is 1.66. The van der Waals surface area contributed by atoms with Gasteiger partial charge in [-0.15, -0.1) is 0 Å². The molecule has 3 heterocycles. The molecule has 4 rings (SSSR count). The number of hydrogen-bond donors (Lipinski definition) is 1. The highest BCUT2D eigenvalue weighted by Gasteiger charge is 2.37.